The van der Waals surface area contributed by atoms with Gasteiger partial charge in [0.1, 0.15) is 6.61 Å². The molecule has 0 radical (unpaired) electrons. The second-order valence-corrected chi connectivity index (χ2v) is 6.44. The van der Waals surface area contributed by atoms with Crippen LogP contribution in [0.25, 0.3) is 0 Å². The average molecular weight is 400 g/mol. The first kappa shape index (κ1) is 21.0. The van der Waals surface area contributed by atoms with Crippen LogP contribution in [0.4, 0.5) is 13.2 Å². The summed E-state index contributed by atoms with van der Waals surface area (Å²) >= 11 is 1.18. The number of halogens is 3. The van der Waals surface area contributed by atoms with Crippen LogP contribution in [-0.2, 0) is 35.4 Å². The summed E-state index contributed by atoms with van der Waals surface area (Å²) in [4.78, 5) is 12.0. The van der Waals surface area contributed by atoms with Crippen LogP contribution in [0, 0.1) is 0 Å². The van der Waals surface area contributed by atoms with Gasteiger partial charge in [0.2, 0.25) is 5.91 Å². The van der Waals surface area contributed by atoms with Crippen molar-refractivity contribution in [2.45, 2.75) is 31.0 Å². The summed E-state index contributed by atoms with van der Waals surface area (Å²) in [5.41, 5.74) is -0.368. The van der Waals surface area contributed by atoms with Crippen molar-refractivity contribution in [2.24, 2.45) is 0 Å². The van der Waals surface area contributed by atoms with Gasteiger partial charge in [0, 0.05) is 20.2 Å². The first-order valence-corrected chi connectivity index (χ1v) is 8.91. The fourth-order valence-electron chi connectivity index (χ4n) is 2.21. The van der Waals surface area contributed by atoms with Crippen molar-refractivity contribution in [2.75, 3.05) is 12.9 Å². The highest BCUT2D eigenvalue weighted by atomic mass is 32.2. The number of allylic oxidation sites excluding steroid dienone is 1. The molecule has 1 aromatic heterocycles. The highest BCUT2D eigenvalue weighted by molar-refractivity contribution is 7.99. The zero-order chi connectivity index (χ0) is 19.9. The van der Waals surface area contributed by atoms with E-state index < -0.39 is 11.7 Å². The van der Waals surface area contributed by atoms with E-state index in [1.807, 2.05) is 0 Å². The van der Waals surface area contributed by atoms with Gasteiger partial charge < -0.3 is 14.6 Å². The van der Waals surface area contributed by atoms with Crippen molar-refractivity contribution in [3.05, 3.63) is 53.9 Å². The molecule has 2 rings (SSSR count). The van der Waals surface area contributed by atoms with E-state index in [1.165, 1.54) is 23.9 Å². The number of thioether (sulfide) groups is 1. The lowest BCUT2D eigenvalue weighted by molar-refractivity contribution is -0.137. The summed E-state index contributed by atoms with van der Waals surface area (Å²) < 4.78 is 45.0. The molecular formula is C17H19F3N4O2S. The molecule has 0 unspecified atom stereocenters. The standard InChI is InChI=1S/C17H19F3N4O2S/c1-3-7-24-14(10-26-2)22-23-16(24)27-11-15(25)21-9-12-5-4-6-13(8-12)17(18,19)20/h3-6,8H,1,7,9-11H2,2H3,(H,21,25). The van der Waals surface area contributed by atoms with Gasteiger partial charge >= 0.3 is 6.18 Å². The Balaban J connectivity index is 1.91. The highest BCUT2D eigenvalue weighted by Crippen LogP contribution is 2.29. The molecule has 0 aliphatic heterocycles. The number of ether oxygens (including phenoxy) is 1. The zero-order valence-corrected chi connectivity index (χ0v) is 15.4. The summed E-state index contributed by atoms with van der Waals surface area (Å²) in [6.45, 7) is 4.44. The molecule has 1 heterocycles. The van der Waals surface area contributed by atoms with Crippen LogP contribution in [-0.4, -0.2) is 33.5 Å². The van der Waals surface area contributed by atoms with Gasteiger partial charge in [0.05, 0.1) is 11.3 Å². The smallest absolute Gasteiger partial charge is 0.377 e. The maximum Gasteiger partial charge on any atom is 0.416 e. The van der Waals surface area contributed by atoms with E-state index in [-0.39, 0.29) is 24.8 Å². The van der Waals surface area contributed by atoms with Gasteiger partial charge in [-0.05, 0) is 17.7 Å². The number of carbonyl (C=O) groups excluding carboxylic acids is 1. The molecule has 0 atom stereocenters. The maximum absolute atomic E-state index is 12.7. The summed E-state index contributed by atoms with van der Waals surface area (Å²) in [7, 11) is 1.54. The highest BCUT2D eigenvalue weighted by Gasteiger charge is 2.30. The number of carbonyl (C=O) groups is 1. The summed E-state index contributed by atoms with van der Waals surface area (Å²) in [5, 5.41) is 11.2. The zero-order valence-electron chi connectivity index (χ0n) is 14.6. The van der Waals surface area contributed by atoms with Gasteiger partial charge in [-0.25, -0.2) is 0 Å². The lowest BCUT2D eigenvalue weighted by atomic mass is 10.1. The first-order chi connectivity index (χ1) is 12.8. The van der Waals surface area contributed by atoms with Crippen LogP contribution >= 0.6 is 11.8 Å². The number of amides is 1. The van der Waals surface area contributed by atoms with Crippen molar-refractivity contribution in [3.8, 4) is 0 Å². The third-order valence-corrected chi connectivity index (χ3v) is 4.42. The lowest BCUT2D eigenvalue weighted by Gasteiger charge is -2.10. The second kappa shape index (κ2) is 9.56. The molecule has 146 valence electrons. The van der Waals surface area contributed by atoms with Crippen molar-refractivity contribution in [1.82, 2.24) is 20.1 Å². The Bertz CT molecular complexity index is 793. The minimum atomic E-state index is -4.41. The van der Waals surface area contributed by atoms with Gasteiger partial charge in [-0.15, -0.1) is 16.8 Å². The van der Waals surface area contributed by atoms with E-state index >= 15 is 0 Å². The Kier molecular flexibility index (Phi) is 7.43. The van der Waals surface area contributed by atoms with Crippen molar-refractivity contribution >= 4 is 17.7 Å². The van der Waals surface area contributed by atoms with Gasteiger partial charge in [-0.3, -0.25) is 4.79 Å². The minimum absolute atomic E-state index is 0.0115. The molecule has 2 aromatic rings. The summed E-state index contributed by atoms with van der Waals surface area (Å²) in [6, 6.07) is 4.85. The average Bonchev–Trinajstić information content (AvgIpc) is 3.00. The maximum atomic E-state index is 12.7. The first-order valence-electron chi connectivity index (χ1n) is 7.92. The van der Waals surface area contributed by atoms with E-state index in [0.717, 1.165) is 12.1 Å². The number of nitrogens with zero attached hydrogens (tertiary/aromatic N) is 3. The predicted molar refractivity (Wildman–Crippen MR) is 94.9 cm³/mol. The number of hydrogen-bond donors (Lipinski definition) is 1. The summed E-state index contributed by atoms with van der Waals surface area (Å²) in [6.07, 6.45) is -2.73. The molecule has 0 spiro atoms. The third-order valence-electron chi connectivity index (χ3n) is 3.45. The molecule has 27 heavy (non-hydrogen) atoms. The van der Waals surface area contributed by atoms with Gasteiger partial charge in [0.25, 0.3) is 0 Å². The van der Waals surface area contributed by atoms with Crippen LogP contribution < -0.4 is 5.32 Å². The Labute approximate surface area is 158 Å². The molecule has 10 heteroatoms. The molecular weight excluding hydrogens is 381 g/mol. The number of aromatic nitrogens is 3. The van der Waals surface area contributed by atoms with Crippen LogP contribution in [0.1, 0.15) is 17.0 Å². The van der Waals surface area contributed by atoms with E-state index in [0.29, 0.717) is 23.1 Å². The Morgan fingerprint density at radius 1 is 1.41 bits per heavy atom. The number of rotatable bonds is 9. The molecule has 1 N–H and O–H groups in total. The number of alkyl halides is 3. The van der Waals surface area contributed by atoms with Gasteiger partial charge in [0.15, 0.2) is 11.0 Å². The molecule has 0 aliphatic rings. The van der Waals surface area contributed by atoms with Crippen LogP contribution in [0.5, 0.6) is 0 Å². The van der Waals surface area contributed by atoms with E-state index in [1.54, 1.807) is 17.8 Å². The number of nitrogens with one attached hydrogen (secondary N) is 1. The number of hydrogen-bond acceptors (Lipinski definition) is 5. The SMILES string of the molecule is C=CCn1c(COC)nnc1SCC(=O)NCc1cccc(C(F)(F)F)c1. The molecule has 0 bridgehead atoms. The topological polar surface area (TPSA) is 69.0 Å². The molecule has 0 aliphatic carbocycles. The van der Waals surface area contributed by atoms with Gasteiger partial charge in [-0.1, -0.05) is 30.0 Å². The van der Waals surface area contributed by atoms with E-state index in [4.69, 9.17) is 4.74 Å². The Morgan fingerprint density at radius 3 is 2.85 bits per heavy atom. The largest absolute Gasteiger partial charge is 0.416 e. The lowest BCUT2D eigenvalue weighted by Crippen LogP contribution is -2.25. The molecule has 6 nitrogen and oxygen atoms in total. The van der Waals surface area contributed by atoms with Gasteiger partial charge in [-0.2, -0.15) is 13.2 Å². The van der Waals surface area contributed by atoms with E-state index in [9.17, 15) is 18.0 Å². The van der Waals surface area contributed by atoms with Crippen LogP contribution in [0.3, 0.4) is 0 Å². The number of benzene rings is 1. The van der Waals surface area contributed by atoms with Crippen molar-refractivity contribution < 1.29 is 22.7 Å². The molecule has 1 amide bonds. The minimum Gasteiger partial charge on any atom is -0.377 e. The predicted octanol–water partition coefficient (Wildman–Crippen LogP) is 3.04. The second-order valence-electron chi connectivity index (χ2n) is 5.49. The summed E-state index contributed by atoms with van der Waals surface area (Å²) in [5.74, 6) is 0.351. The fourth-order valence-corrected chi connectivity index (χ4v) is 3.01. The molecule has 0 saturated carbocycles. The Hall–Kier alpha value is -2.33. The van der Waals surface area contributed by atoms with Crippen molar-refractivity contribution in [3.63, 3.8) is 0 Å². The number of methoxy groups -OCH3 is 1. The van der Waals surface area contributed by atoms with Crippen molar-refractivity contribution in [1.29, 1.82) is 0 Å². The van der Waals surface area contributed by atoms with E-state index in [2.05, 4.69) is 22.1 Å². The normalized spacial score (nSPS) is 11.4. The Morgan fingerprint density at radius 2 is 2.19 bits per heavy atom. The molecule has 1 aromatic carbocycles. The van der Waals surface area contributed by atoms with Crippen LogP contribution in [0.15, 0.2) is 42.1 Å². The molecule has 0 fully saturated rings. The third kappa shape index (κ3) is 6.10. The van der Waals surface area contributed by atoms with Crippen LogP contribution in [0.2, 0.25) is 0 Å². The quantitative estimate of drug-likeness (QED) is 0.518. The molecule has 0 saturated heterocycles. The fraction of sp³-hybridized carbons (Fsp3) is 0.353. The monoisotopic (exact) mass is 400 g/mol.